The highest BCUT2D eigenvalue weighted by Gasteiger charge is 2.57. The van der Waals surface area contributed by atoms with E-state index in [0.29, 0.717) is 31.0 Å². The van der Waals surface area contributed by atoms with E-state index in [-0.39, 0.29) is 22.7 Å². The number of carboxylic acids is 1. The standard InChI is InChI=1S/C27H40O4Si2/c1-8-9-10-11-12-26(2,3)17-13-22(30-32-6)24(23(14-17)31-33-7)18-15-19(25(28)29)21-16-20(18)27(21,4)5/h13-15,18,20-21H,8-12,16H2,1-7H3,(H,28,29)/t18-,20?,21?/m0/s1. The number of allylic oxidation sites excluding steroid dienone is 1. The molecule has 3 aliphatic carbocycles. The molecule has 0 saturated heterocycles. The molecule has 180 valence electrons. The Balaban J connectivity index is 2.08. The summed E-state index contributed by atoms with van der Waals surface area (Å²) in [6.07, 6.45) is 9.04. The maximum Gasteiger partial charge on any atom is 0.331 e. The smallest absolute Gasteiger partial charge is 0.331 e. The Morgan fingerprint density at radius 1 is 1.12 bits per heavy atom. The highest BCUT2D eigenvalue weighted by atomic mass is 28.2. The molecule has 4 nitrogen and oxygen atoms in total. The van der Waals surface area contributed by atoms with Gasteiger partial charge in [0.05, 0.1) is 0 Å². The Morgan fingerprint density at radius 3 is 2.21 bits per heavy atom. The first-order valence-electron chi connectivity index (χ1n) is 12.4. The van der Waals surface area contributed by atoms with Gasteiger partial charge in [-0.2, -0.15) is 0 Å². The van der Waals surface area contributed by atoms with E-state index in [0.717, 1.165) is 29.9 Å². The third kappa shape index (κ3) is 5.12. The molecule has 0 amide bonds. The fourth-order valence-corrected chi connectivity index (χ4v) is 6.65. The number of aliphatic carboxylic acids is 1. The Kier molecular flexibility index (Phi) is 8.21. The molecule has 2 bridgehead atoms. The van der Waals surface area contributed by atoms with Crippen molar-refractivity contribution in [3.8, 4) is 11.5 Å². The monoisotopic (exact) mass is 484 g/mol. The fraction of sp³-hybridized carbons (Fsp3) is 0.667. The summed E-state index contributed by atoms with van der Waals surface area (Å²) in [5.41, 5.74) is 2.82. The molecule has 4 radical (unpaired) electrons. The van der Waals surface area contributed by atoms with Gasteiger partial charge in [-0.1, -0.05) is 66.4 Å². The number of unbranched alkanes of at least 4 members (excludes halogenated alkanes) is 3. The van der Waals surface area contributed by atoms with Crippen LogP contribution in [0.4, 0.5) is 0 Å². The maximum atomic E-state index is 12.1. The predicted molar refractivity (Wildman–Crippen MR) is 137 cm³/mol. The van der Waals surface area contributed by atoms with Gasteiger partial charge < -0.3 is 14.0 Å². The molecule has 1 N–H and O–H groups in total. The molecular weight excluding hydrogens is 444 g/mol. The van der Waals surface area contributed by atoms with Crippen LogP contribution in [0.1, 0.15) is 90.2 Å². The molecule has 1 aromatic carbocycles. The van der Waals surface area contributed by atoms with Gasteiger partial charge in [-0.05, 0) is 66.3 Å². The first-order chi connectivity index (χ1) is 15.6. The average molecular weight is 485 g/mol. The van der Waals surface area contributed by atoms with E-state index in [1.165, 1.54) is 31.2 Å². The molecule has 3 aliphatic rings. The highest BCUT2D eigenvalue weighted by molar-refractivity contribution is 6.26. The topological polar surface area (TPSA) is 55.8 Å². The lowest BCUT2D eigenvalue weighted by Crippen LogP contribution is -2.52. The zero-order valence-corrected chi connectivity index (χ0v) is 23.4. The van der Waals surface area contributed by atoms with Crippen molar-refractivity contribution in [1.82, 2.24) is 0 Å². The molecule has 0 aliphatic heterocycles. The van der Waals surface area contributed by atoms with Crippen molar-refractivity contribution < 1.29 is 18.8 Å². The zero-order chi connectivity index (χ0) is 24.4. The van der Waals surface area contributed by atoms with Crippen molar-refractivity contribution in [3.05, 3.63) is 34.9 Å². The average Bonchev–Trinajstić information content (AvgIpc) is 2.76. The van der Waals surface area contributed by atoms with Crippen LogP contribution in [0.3, 0.4) is 0 Å². The normalized spacial score (nSPS) is 23.5. The van der Waals surface area contributed by atoms with Gasteiger partial charge in [0.15, 0.2) is 0 Å². The van der Waals surface area contributed by atoms with Gasteiger partial charge in [-0.3, -0.25) is 0 Å². The van der Waals surface area contributed by atoms with Crippen molar-refractivity contribution in [2.45, 2.75) is 97.6 Å². The first-order valence-corrected chi connectivity index (χ1v) is 15.2. The van der Waals surface area contributed by atoms with Crippen molar-refractivity contribution in [1.29, 1.82) is 0 Å². The van der Waals surface area contributed by atoms with E-state index in [1.807, 2.05) is 19.2 Å². The summed E-state index contributed by atoms with van der Waals surface area (Å²) in [6, 6.07) is 4.42. The molecule has 1 fully saturated rings. The third-order valence-corrected chi connectivity index (χ3v) is 8.90. The van der Waals surface area contributed by atoms with Crippen LogP contribution in [-0.2, 0) is 10.2 Å². The van der Waals surface area contributed by atoms with Crippen molar-refractivity contribution in [2.24, 2.45) is 17.3 Å². The molecule has 4 rings (SSSR count). The minimum Gasteiger partial charge on any atom is -0.541 e. The largest absolute Gasteiger partial charge is 0.541 e. The minimum atomic E-state index is -0.791. The summed E-state index contributed by atoms with van der Waals surface area (Å²) in [7, 11) is 0.629. The summed E-state index contributed by atoms with van der Waals surface area (Å²) in [5.74, 6) is 1.47. The second-order valence-electron chi connectivity index (χ2n) is 10.9. The lowest BCUT2D eigenvalue weighted by atomic mass is 9.45. The SMILES string of the molecule is CCCCCCC(C)(C)c1cc(O[Si]C)c([C@H]2C=C(C(=O)O)C3CC2C3(C)C)c(O[Si]C)c1. The Bertz CT molecular complexity index is 863. The number of carbonyl (C=O) groups is 1. The van der Waals surface area contributed by atoms with Gasteiger partial charge in [-0.25, -0.2) is 4.79 Å². The molecule has 1 saturated carbocycles. The summed E-state index contributed by atoms with van der Waals surface area (Å²) in [5, 5.41) is 9.92. The van der Waals surface area contributed by atoms with Crippen LogP contribution in [0, 0.1) is 17.3 Å². The van der Waals surface area contributed by atoms with E-state index in [9.17, 15) is 9.90 Å². The second-order valence-corrected chi connectivity index (χ2v) is 12.1. The van der Waals surface area contributed by atoms with E-state index in [2.05, 4.69) is 46.8 Å². The third-order valence-electron chi connectivity index (χ3n) is 8.06. The lowest BCUT2D eigenvalue weighted by molar-refractivity contribution is -0.137. The van der Waals surface area contributed by atoms with Crippen LogP contribution in [0.15, 0.2) is 23.8 Å². The Morgan fingerprint density at radius 2 is 1.73 bits per heavy atom. The van der Waals surface area contributed by atoms with Gasteiger partial charge in [-0.15, -0.1) is 0 Å². The first kappa shape index (κ1) is 26.1. The van der Waals surface area contributed by atoms with Crippen molar-refractivity contribution in [3.63, 3.8) is 0 Å². The molecule has 0 spiro atoms. The van der Waals surface area contributed by atoms with Gasteiger partial charge in [0.1, 0.15) is 11.5 Å². The van der Waals surface area contributed by atoms with Crippen LogP contribution < -0.4 is 8.85 Å². The van der Waals surface area contributed by atoms with Crippen LogP contribution >= 0.6 is 0 Å². The summed E-state index contributed by atoms with van der Waals surface area (Å²) < 4.78 is 12.5. The molecule has 2 unspecified atom stereocenters. The fourth-order valence-electron chi connectivity index (χ4n) is 5.87. The van der Waals surface area contributed by atoms with Crippen LogP contribution in [0.5, 0.6) is 11.5 Å². The molecule has 0 aromatic heterocycles. The zero-order valence-electron chi connectivity index (χ0n) is 21.4. The quantitative estimate of drug-likeness (QED) is 0.262. The minimum absolute atomic E-state index is 0.00415. The number of benzene rings is 1. The van der Waals surface area contributed by atoms with Gasteiger partial charge in [0.2, 0.25) is 0 Å². The molecule has 0 heterocycles. The number of carboxylic acid groups (broad SMARTS) is 1. The highest BCUT2D eigenvalue weighted by Crippen LogP contribution is 2.65. The van der Waals surface area contributed by atoms with E-state index in [4.69, 9.17) is 8.85 Å². The van der Waals surface area contributed by atoms with Gasteiger partial charge in [0, 0.05) is 17.1 Å². The van der Waals surface area contributed by atoms with Crippen LogP contribution in [0.2, 0.25) is 13.1 Å². The Hall–Kier alpha value is -1.54. The number of hydrogen-bond donors (Lipinski definition) is 1. The van der Waals surface area contributed by atoms with E-state index >= 15 is 0 Å². The summed E-state index contributed by atoms with van der Waals surface area (Å²) in [6.45, 7) is 15.4. The van der Waals surface area contributed by atoms with E-state index in [1.54, 1.807) is 0 Å². The van der Waals surface area contributed by atoms with E-state index < -0.39 is 5.97 Å². The number of rotatable bonds is 12. The van der Waals surface area contributed by atoms with Gasteiger partial charge >= 0.3 is 25.5 Å². The predicted octanol–water partition coefficient (Wildman–Crippen LogP) is 6.80. The molecule has 3 atom stereocenters. The van der Waals surface area contributed by atoms with Crippen molar-refractivity contribution in [2.75, 3.05) is 0 Å². The maximum absolute atomic E-state index is 12.1. The summed E-state index contributed by atoms with van der Waals surface area (Å²) in [4.78, 5) is 12.1. The van der Waals surface area contributed by atoms with Crippen LogP contribution in [0.25, 0.3) is 0 Å². The van der Waals surface area contributed by atoms with Crippen LogP contribution in [-0.4, -0.2) is 30.6 Å². The molecule has 6 heteroatoms. The Labute approximate surface area is 205 Å². The molecule has 33 heavy (non-hydrogen) atoms. The summed E-state index contributed by atoms with van der Waals surface area (Å²) >= 11 is 0. The molecule has 1 aromatic rings. The number of fused-ring (bicyclic) bond motifs is 1. The second kappa shape index (κ2) is 10.4. The molecular formula is C27H40O4Si2. The lowest BCUT2D eigenvalue weighted by Gasteiger charge is -2.58. The van der Waals surface area contributed by atoms with Gasteiger partial charge in [0.25, 0.3) is 0 Å². The van der Waals surface area contributed by atoms with Crippen molar-refractivity contribution >= 4 is 25.5 Å². The number of hydrogen-bond acceptors (Lipinski definition) is 3.